The lowest BCUT2D eigenvalue weighted by molar-refractivity contribution is 0.0664. The zero-order valence-electron chi connectivity index (χ0n) is 21.3. The van der Waals surface area contributed by atoms with Crippen molar-refractivity contribution in [2.75, 3.05) is 18.0 Å². The summed E-state index contributed by atoms with van der Waals surface area (Å²) in [5, 5.41) is 1.99. The van der Waals surface area contributed by atoms with Crippen molar-refractivity contribution in [1.29, 1.82) is 0 Å². The zero-order chi connectivity index (χ0) is 27.2. The van der Waals surface area contributed by atoms with Crippen LogP contribution in [-0.2, 0) is 6.42 Å². The number of carbonyl (C=O) groups excluding carboxylic acids is 2. The number of amides is 2. The van der Waals surface area contributed by atoms with Crippen molar-refractivity contribution >= 4 is 62.7 Å². The minimum absolute atomic E-state index is 0.179. The molecule has 2 unspecified atom stereocenters. The molecule has 9 heteroatoms. The second-order valence-electron chi connectivity index (χ2n) is 9.70. The van der Waals surface area contributed by atoms with E-state index in [-0.39, 0.29) is 23.6 Å². The third-order valence-electron chi connectivity index (χ3n) is 7.32. The maximum atomic E-state index is 12.7. The Hall–Kier alpha value is -3.66. The predicted molar refractivity (Wildman–Crippen MR) is 163 cm³/mol. The van der Waals surface area contributed by atoms with Crippen LogP contribution >= 0.6 is 34.9 Å². The van der Waals surface area contributed by atoms with Gasteiger partial charge in [0, 0.05) is 22.4 Å². The van der Waals surface area contributed by atoms with E-state index >= 15 is 0 Å². The third-order valence-corrected chi connectivity index (χ3v) is 11.0. The van der Waals surface area contributed by atoms with Crippen molar-refractivity contribution in [2.24, 2.45) is 0 Å². The van der Waals surface area contributed by atoms with Gasteiger partial charge in [-0.3, -0.25) is 14.5 Å². The van der Waals surface area contributed by atoms with Gasteiger partial charge in [-0.1, -0.05) is 84.6 Å². The van der Waals surface area contributed by atoms with Crippen LogP contribution in [-0.4, -0.2) is 39.0 Å². The first-order valence-corrected chi connectivity index (χ1v) is 15.7. The van der Waals surface area contributed by atoms with Crippen LogP contribution in [0.25, 0.3) is 10.2 Å². The minimum atomic E-state index is -0.250. The van der Waals surface area contributed by atoms with E-state index in [0.29, 0.717) is 33.1 Å². The molecule has 7 rings (SSSR count). The van der Waals surface area contributed by atoms with Gasteiger partial charge in [-0.2, -0.15) is 0 Å². The van der Waals surface area contributed by atoms with Gasteiger partial charge in [0.25, 0.3) is 11.8 Å². The third kappa shape index (κ3) is 4.38. The number of nitrogens with two attached hydrogens (primary N) is 1. The summed E-state index contributed by atoms with van der Waals surface area (Å²) in [7, 11) is 0. The number of nitrogen functional groups attached to an aromatic ring is 1. The van der Waals surface area contributed by atoms with E-state index in [1.54, 1.807) is 35.6 Å². The fourth-order valence-corrected chi connectivity index (χ4v) is 9.27. The number of thiophene rings is 1. The van der Waals surface area contributed by atoms with Gasteiger partial charge in [-0.25, -0.2) is 9.97 Å². The summed E-state index contributed by atoms with van der Waals surface area (Å²) in [4.78, 5) is 38.5. The van der Waals surface area contributed by atoms with Crippen LogP contribution in [0, 0.1) is 0 Å². The Balaban J connectivity index is 1.18. The van der Waals surface area contributed by atoms with Crippen LogP contribution in [0.15, 0.2) is 90.1 Å². The average molecular weight is 581 g/mol. The van der Waals surface area contributed by atoms with E-state index in [9.17, 15) is 9.59 Å². The van der Waals surface area contributed by atoms with Gasteiger partial charge < -0.3 is 5.73 Å². The molecule has 6 nitrogen and oxygen atoms in total. The number of thioether (sulfide) groups is 2. The Morgan fingerprint density at radius 3 is 2.15 bits per heavy atom. The largest absolute Gasteiger partial charge is 0.383 e. The van der Waals surface area contributed by atoms with Gasteiger partial charge in [0.05, 0.1) is 21.8 Å². The van der Waals surface area contributed by atoms with Crippen molar-refractivity contribution in [2.45, 2.75) is 22.1 Å². The van der Waals surface area contributed by atoms with E-state index in [2.05, 4.69) is 59.6 Å². The van der Waals surface area contributed by atoms with Crippen LogP contribution in [0.3, 0.4) is 0 Å². The second-order valence-corrected chi connectivity index (χ2v) is 13.1. The van der Waals surface area contributed by atoms with Gasteiger partial charge in [-0.05, 0) is 35.2 Å². The maximum Gasteiger partial charge on any atom is 0.261 e. The molecular weight excluding hydrogens is 557 g/mol. The molecule has 2 amide bonds. The van der Waals surface area contributed by atoms with Crippen molar-refractivity contribution in [1.82, 2.24) is 14.9 Å². The van der Waals surface area contributed by atoms with Crippen molar-refractivity contribution in [3.05, 3.63) is 118 Å². The number of aromatic nitrogens is 2. The highest BCUT2D eigenvalue weighted by Gasteiger charge is 2.36. The highest BCUT2D eigenvalue weighted by Crippen LogP contribution is 2.55. The fraction of sp³-hybridized carbons (Fsp3) is 0.161. The van der Waals surface area contributed by atoms with Crippen LogP contribution in [0.5, 0.6) is 0 Å². The molecule has 0 bridgehead atoms. The van der Waals surface area contributed by atoms with Crippen molar-refractivity contribution in [3.63, 3.8) is 0 Å². The number of rotatable bonds is 6. The first kappa shape index (κ1) is 25.3. The minimum Gasteiger partial charge on any atom is -0.383 e. The highest BCUT2D eigenvalue weighted by atomic mass is 32.2. The van der Waals surface area contributed by atoms with Crippen LogP contribution in [0.4, 0.5) is 5.82 Å². The number of carbonyl (C=O) groups is 2. The summed E-state index contributed by atoms with van der Waals surface area (Å²) < 4.78 is 0. The van der Waals surface area contributed by atoms with Crippen molar-refractivity contribution < 1.29 is 9.59 Å². The number of hydrogen-bond acceptors (Lipinski definition) is 8. The van der Waals surface area contributed by atoms with E-state index in [1.165, 1.54) is 38.2 Å². The van der Waals surface area contributed by atoms with Gasteiger partial charge >= 0.3 is 0 Å². The van der Waals surface area contributed by atoms with Gasteiger partial charge in [0.15, 0.2) is 5.16 Å². The SMILES string of the molecule is Nc1nc(SCCN2C(=O)c3ccccc3C2=O)nc2sc3c(c12)CC(c1ccccc1)SC3c1ccccc1. The second kappa shape index (κ2) is 10.4. The summed E-state index contributed by atoms with van der Waals surface area (Å²) in [6.07, 6.45) is 0.868. The molecule has 0 spiro atoms. The first-order chi connectivity index (χ1) is 19.6. The number of nitrogens with zero attached hydrogens (tertiary/aromatic N) is 3. The van der Waals surface area contributed by atoms with Crippen LogP contribution < -0.4 is 5.73 Å². The maximum absolute atomic E-state index is 12.7. The molecule has 3 aromatic carbocycles. The van der Waals surface area contributed by atoms with E-state index in [0.717, 1.165) is 16.6 Å². The standard InChI is InChI=1S/C31H24N4O2S3/c32-27-24-22-17-23(18-9-3-1-4-10-18)39-25(19-11-5-2-6-12-19)26(22)40-28(24)34-31(33-27)38-16-15-35-29(36)20-13-7-8-14-21(20)30(35)37/h1-14,23,25H,15-17H2,(H2,32,33,34). The monoisotopic (exact) mass is 580 g/mol. The normalized spacial score (nSPS) is 18.2. The zero-order valence-corrected chi connectivity index (χ0v) is 23.8. The Kier molecular flexibility index (Phi) is 6.57. The molecule has 2 aromatic heterocycles. The molecule has 2 atom stereocenters. The van der Waals surface area contributed by atoms with Gasteiger partial charge in [-0.15, -0.1) is 23.1 Å². The molecule has 0 radical (unpaired) electrons. The fourth-order valence-electron chi connectivity index (χ4n) is 5.41. The number of fused-ring (bicyclic) bond motifs is 4. The summed E-state index contributed by atoms with van der Waals surface area (Å²) in [5.41, 5.74) is 11.3. The summed E-state index contributed by atoms with van der Waals surface area (Å²) >= 11 is 5.08. The summed E-state index contributed by atoms with van der Waals surface area (Å²) in [6.45, 7) is 0.282. The lowest BCUT2D eigenvalue weighted by Gasteiger charge is -2.30. The lowest BCUT2D eigenvalue weighted by atomic mass is 9.98. The summed E-state index contributed by atoms with van der Waals surface area (Å²) in [5.74, 6) is 0.470. The molecule has 0 saturated heterocycles. The molecule has 5 aromatic rings. The molecule has 0 fully saturated rings. The highest BCUT2D eigenvalue weighted by molar-refractivity contribution is 8.00. The molecular formula is C31H24N4O2S3. The van der Waals surface area contributed by atoms with Gasteiger partial charge in [0.2, 0.25) is 0 Å². The van der Waals surface area contributed by atoms with Gasteiger partial charge in [0.1, 0.15) is 10.6 Å². The van der Waals surface area contributed by atoms with E-state index in [4.69, 9.17) is 10.7 Å². The first-order valence-electron chi connectivity index (χ1n) is 13.0. The number of hydrogen-bond donors (Lipinski definition) is 1. The van der Waals surface area contributed by atoms with E-state index in [1.807, 2.05) is 17.8 Å². The molecule has 40 heavy (non-hydrogen) atoms. The molecule has 0 aliphatic carbocycles. The quantitative estimate of drug-likeness (QED) is 0.134. The Morgan fingerprint density at radius 2 is 1.48 bits per heavy atom. The molecule has 4 heterocycles. The van der Waals surface area contributed by atoms with Crippen LogP contribution in [0.1, 0.15) is 52.8 Å². The van der Waals surface area contributed by atoms with E-state index < -0.39 is 0 Å². The molecule has 2 aliphatic rings. The number of benzene rings is 3. The Labute approximate surface area is 244 Å². The Bertz CT molecular complexity index is 1720. The molecule has 2 N–H and O–H groups in total. The molecule has 2 aliphatic heterocycles. The van der Waals surface area contributed by atoms with Crippen molar-refractivity contribution in [3.8, 4) is 0 Å². The summed E-state index contributed by atoms with van der Waals surface area (Å²) in [6, 6.07) is 28.2. The lowest BCUT2D eigenvalue weighted by Crippen LogP contribution is -2.31. The number of anilines is 1. The average Bonchev–Trinajstić information content (AvgIpc) is 3.48. The van der Waals surface area contributed by atoms with Crippen LogP contribution in [0.2, 0.25) is 0 Å². The molecule has 198 valence electrons. The smallest absolute Gasteiger partial charge is 0.261 e. The Morgan fingerprint density at radius 1 is 0.850 bits per heavy atom. The number of imide groups is 1. The molecule has 0 saturated carbocycles. The topological polar surface area (TPSA) is 89.2 Å². The predicted octanol–water partition coefficient (Wildman–Crippen LogP) is 6.78.